The number of hydrogen-bond acceptors (Lipinski definition) is 6. The zero-order chi connectivity index (χ0) is 17.3. The first kappa shape index (κ1) is 18.4. The van der Waals surface area contributed by atoms with E-state index in [1.807, 2.05) is 11.4 Å². The molecule has 0 saturated carbocycles. The van der Waals surface area contributed by atoms with Crippen molar-refractivity contribution in [2.75, 3.05) is 38.7 Å². The van der Waals surface area contributed by atoms with Gasteiger partial charge in [-0.2, -0.15) is 4.31 Å². The highest BCUT2D eigenvalue weighted by molar-refractivity contribution is 7.91. The molecule has 0 bridgehead atoms. The van der Waals surface area contributed by atoms with Crippen molar-refractivity contribution in [1.82, 2.24) is 9.21 Å². The second-order valence-electron chi connectivity index (χ2n) is 5.56. The third-order valence-corrected chi connectivity index (χ3v) is 8.38. The molecule has 0 aromatic carbocycles. The molecule has 1 aromatic heterocycles. The number of likely N-dealkylation sites (N-methyl/N-ethyl adjacent to an activating group) is 1. The normalized spacial score (nSPS) is 22.0. The summed E-state index contributed by atoms with van der Waals surface area (Å²) in [4.78, 5) is 14.5. The Hall–Kier alpha value is -0.970. The summed E-state index contributed by atoms with van der Waals surface area (Å²) in [6, 6.07) is 3.60. The molecular formula is C13H20N2O5S3. The van der Waals surface area contributed by atoms with Gasteiger partial charge in [-0.25, -0.2) is 16.8 Å². The molecule has 10 heteroatoms. The first-order chi connectivity index (χ1) is 10.6. The van der Waals surface area contributed by atoms with Crippen LogP contribution in [0.5, 0.6) is 0 Å². The molecule has 1 saturated heterocycles. The van der Waals surface area contributed by atoms with Gasteiger partial charge in [-0.05, 0) is 17.9 Å². The minimum absolute atomic E-state index is 0.0979. The number of nitrogens with zero attached hydrogens (tertiary/aromatic N) is 2. The van der Waals surface area contributed by atoms with Crippen LogP contribution in [-0.2, 0) is 24.7 Å². The standard InChI is InChI=1S/C13H20N2O5S3/c1-14(22(2,17)18)10-13(16)15-6-5-12(11-4-3-8-21-11)23(19,20)9-7-15/h3-4,8,12H,5-7,9-10H2,1-2H3. The fraction of sp³-hybridized carbons (Fsp3) is 0.615. The largest absolute Gasteiger partial charge is 0.340 e. The summed E-state index contributed by atoms with van der Waals surface area (Å²) in [5, 5.41) is 1.24. The smallest absolute Gasteiger partial charge is 0.237 e. The number of rotatable bonds is 4. The zero-order valence-electron chi connectivity index (χ0n) is 13.0. The lowest BCUT2D eigenvalue weighted by atomic mass is 10.2. The second kappa shape index (κ2) is 6.88. The summed E-state index contributed by atoms with van der Waals surface area (Å²) in [6.45, 7) is 0.126. The first-order valence-corrected chi connectivity index (χ1v) is 11.5. The van der Waals surface area contributed by atoms with Crippen molar-refractivity contribution in [3.8, 4) is 0 Å². The summed E-state index contributed by atoms with van der Waals surface area (Å²) >= 11 is 1.39. The molecule has 1 aromatic rings. The maximum atomic E-state index is 12.4. The van der Waals surface area contributed by atoms with Crippen LogP contribution in [0.15, 0.2) is 17.5 Å². The minimum Gasteiger partial charge on any atom is -0.340 e. The van der Waals surface area contributed by atoms with Crippen LogP contribution < -0.4 is 0 Å². The Balaban J connectivity index is 2.10. The monoisotopic (exact) mass is 380 g/mol. The topological polar surface area (TPSA) is 91.8 Å². The summed E-state index contributed by atoms with van der Waals surface area (Å²) in [5.74, 6) is -0.482. The van der Waals surface area contributed by atoms with Crippen LogP contribution in [0.1, 0.15) is 16.5 Å². The molecule has 1 fully saturated rings. The number of amides is 1. The Kier molecular flexibility index (Phi) is 5.49. The molecule has 130 valence electrons. The molecular weight excluding hydrogens is 360 g/mol. The van der Waals surface area contributed by atoms with Crippen LogP contribution >= 0.6 is 11.3 Å². The molecule has 0 radical (unpaired) electrons. The van der Waals surface area contributed by atoms with Crippen molar-refractivity contribution in [2.45, 2.75) is 11.7 Å². The molecule has 0 aliphatic carbocycles. The van der Waals surface area contributed by atoms with Crippen LogP contribution in [0.3, 0.4) is 0 Å². The summed E-state index contributed by atoms with van der Waals surface area (Å²) < 4.78 is 48.6. The molecule has 2 rings (SSSR count). The van der Waals surface area contributed by atoms with Crippen molar-refractivity contribution in [3.05, 3.63) is 22.4 Å². The van der Waals surface area contributed by atoms with Crippen molar-refractivity contribution in [2.24, 2.45) is 0 Å². The van der Waals surface area contributed by atoms with Gasteiger partial charge in [-0.1, -0.05) is 6.07 Å². The van der Waals surface area contributed by atoms with E-state index in [9.17, 15) is 21.6 Å². The quantitative estimate of drug-likeness (QED) is 0.750. The average molecular weight is 381 g/mol. The van der Waals surface area contributed by atoms with Crippen LogP contribution in [0.4, 0.5) is 0 Å². The zero-order valence-corrected chi connectivity index (χ0v) is 15.5. The molecule has 1 atom stereocenters. The van der Waals surface area contributed by atoms with Gasteiger partial charge in [-0.3, -0.25) is 4.79 Å². The lowest BCUT2D eigenvalue weighted by molar-refractivity contribution is -0.130. The average Bonchev–Trinajstić information content (AvgIpc) is 2.89. The van der Waals surface area contributed by atoms with E-state index in [1.54, 1.807) is 6.07 Å². The summed E-state index contributed by atoms with van der Waals surface area (Å²) in [7, 11) is -5.44. The van der Waals surface area contributed by atoms with Gasteiger partial charge in [0.25, 0.3) is 0 Å². The van der Waals surface area contributed by atoms with Gasteiger partial charge in [0.15, 0.2) is 9.84 Å². The molecule has 2 heterocycles. The maximum Gasteiger partial charge on any atom is 0.237 e. The lowest BCUT2D eigenvalue weighted by Gasteiger charge is -2.22. The van der Waals surface area contributed by atoms with E-state index < -0.39 is 25.1 Å². The highest BCUT2D eigenvalue weighted by Gasteiger charge is 2.33. The molecule has 1 amide bonds. The van der Waals surface area contributed by atoms with E-state index in [-0.39, 0.29) is 24.7 Å². The Morgan fingerprint density at radius 3 is 2.70 bits per heavy atom. The Labute approximate surface area is 140 Å². The van der Waals surface area contributed by atoms with E-state index in [1.165, 1.54) is 23.3 Å². The fourth-order valence-electron chi connectivity index (χ4n) is 2.39. The van der Waals surface area contributed by atoms with Gasteiger partial charge in [-0.15, -0.1) is 11.3 Å². The minimum atomic E-state index is -3.45. The molecule has 23 heavy (non-hydrogen) atoms. The van der Waals surface area contributed by atoms with Gasteiger partial charge in [0, 0.05) is 25.0 Å². The first-order valence-electron chi connectivity index (χ1n) is 7.05. The number of carbonyl (C=O) groups is 1. The van der Waals surface area contributed by atoms with Crippen LogP contribution in [0, 0.1) is 0 Å². The third-order valence-electron chi connectivity index (χ3n) is 3.88. The van der Waals surface area contributed by atoms with Gasteiger partial charge in [0.2, 0.25) is 15.9 Å². The predicted octanol–water partition coefficient (Wildman–Crippen LogP) is 0.328. The van der Waals surface area contributed by atoms with E-state index >= 15 is 0 Å². The third kappa shape index (κ3) is 4.52. The van der Waals surface area contributed by atoms with E-state index in [0.29, 0.717) is 13.0 Å². The highest BCUT2D eigenvalue weighted by atomic mass is 32.2. The molecule has 1 aliphatic heterocycles. The predicted molar refractivity (Wildman–Crippen MR) is 89.5 cm³/mol. The number of thiophene rings is 1. The SMILES string of the molecule is CN(CC(=O)N1CCC(c2cccs2)S(=O)(=O)CC1)S(C)(=O)=O. The Morgan fingerprint density at radius 2 is 2.13 bits per heavy atom. The van der Waals surface area contributed by atoms with Gasteiger partial charge < -0.3 is 4.90 Å². The van der Waals surface area contributed by atoms with Crippen LogP contribution in [0.2, 0.25) is 0 Å². The molecule has 0 spiro atoms. The van der Waals surface area contributed by atoms with Gasteiger partial charge in [0.05, 0.1) is 23.8 Å². The second-order valence-corrected chi connectivity index (χ2v) is 10.9. The highest BCUT2D eigenvalue weighted by Crippen LogP contribution is 2.32. The Bertz CT molecular complexity index is 756. The number of sulfonamides is 1. The maximum absolute atomic E-state index is 12.4. The Morgan fingerprint density at radius 1 is 1.43 bits per heavy atom. The summed E-state index contributed by atoms with van der Waals surface area (Å²) in [6.07, 6.45) is 1.36. The number of carbonyl (C=O) groups excluding carboxylic acids is 1. The van der Waals surface area contributed by atoms with Gasteiger partial charge >= 0.3 is 0 Å². The lowest BCUT2D eigenvalue weighted by Crippen LogP contribution is -2.42. The van der Waals surface area contributed by atoms with E-state index in [4.69, 9.17) is 0 Å². The van der Waals surface area contributed by atoms with Crippen molar-refractivity contribution < 1.29 is 21.6 Å². The number of hydrogen-bond donors (Lipinski definition) is 0. The van der Waals surface area contributed by atoms with Gasteiger partial charge in [0.1, 0.15) is 0 Å². The molecule has 7 nitrogen and oxygen atoms in total. The summed E-state index contributed by atoms with van der Waals surface area (Å²) in [5.41, 5.74) is 0. The molecule has 1 aliphatic rings. The van der Waals surface area contributed by atoms with E-state index in [0.717, 1.165) is 15.4 Å². The van der Waals surface area contributed by atoms with E-state index in [2.05, 4.69) is 0 Å². The van der Waals surface area contributed by atoms with Crippen LogP contribution in [0.25, 0.3) is 0 Å². The van der Waals surface area contributed by atoms with Crippen LogP contribution in [-0.4, -0.2) is 70.6 Å². The number of sulfone groups is 1. The van der Waals surface area contributed by atoms with Crippen molar-refractivity contribution in [1.29, 1.82) is 0 Å². The van der Waals surface area contributed by atoms with Crippen molar-refractivity contribution in [3.63, 3.8) is 0 Å². The molecule has 0 N–H and O–H groups in total. The van der Waals surface area contributed by atoms with Crippen molar-refractivity contribution >= 4 is 37.1 Å². The fourth-order valence-corrected chi connectivity index (χ4v) is 5.74. The molecule has 1 unspecified atom stereocenters.